The Bertz CT molecular complexity index is 988. The summed E-state index contributed by atoms with van der Waals surface area (Å²) in [7, 11) is -3.89. The predicted molar refractivity (Wildman–Crippen MR) is 106 cm³/mol. The van der Waals surface area contributed by atoms with Gasteiger partial charge in [0.1, 0.15) is 18.2 Å². The van der Waals surface area contributed by atoms with Crippen LogP contribution in [0.1, 0.15) is 27.2 Å². The fraction of sp³-hybridized carbons (Fsp3) is 0.350. The summed E-state index contributed by atoms with van der Waals surface area (Å²) in [6.45, 7) is 6.34. The smallest absolute Gasteiger partial charge is 0.261 e. The van der Waals surface area contributed by atoms with Gasteiger partial charge in [0, 0.05) is 6.54 Å². The highest BCUT2D eigenvalue weighted by Gasteiger charge is 2.37. The SMILES string of the molecule is CCCN1C(=O)C(C)(C)COc2ccc(NS(=O)(=O)c3ccc(F)cc3)cc21. The Kier molecular flexibility index (Phi) is 5.34. The molecule has 0 aliphatic carbocycles. The minimum atomic E-state index is -3.89. The van der Waals surface area contributed by atoms with Crippen LogP contribution in [0.15, 0.2) is 47.4 Å². The van der Waals surface area contributed by atoms with Gasteiger partial charge >= 0.3 is 0 Å². The van der Waals surface area contributed by atoms with E-state index in [2.05, 4.69) is 4.72 Å². The molecule has 0 spiro atoms. The summed E-state index contributed by atoms with van der Waals surface area (Å²) in [4.78, 5) is 14.5. The minimum Gasteiger partial charge on any atom is -0.490 e. The molecule has 1 N–H and O–H groups in total. The Labute approximate surface area is 164 Å². The van der Waals surface area contributed by atoms with Crippen LogP contribution in [0, 0.1) is 11.2 Å². The van der Waals surface area contributed by atoms with Gasteiger partial charge < -0.3 is 9.64 Å². The first-order valence-electron chi connectivity index (χ1n) is 9.01. The lowest BCUT2D eigenvalue weighted by atomic mass is 9.93. The molecule has 0 unspecified atom stereocenters. The van der Waals surface area contributed by atoms with Crippen LogP contribution in [-0.4, -0.2) is 27.5 Å². The van der Waals surface area contributed by atoms with E-state index in [0.717, 1.165) is 18.6 Å². The lowest BCUT2D eigenvalue weighted by Crippen LogP contribution is -2.42. The number of ether oxygens (including phenoxy) is 1. The van der Waals surface area contributed by atoms with Gasteiger partial charge in [0.2, 0.25) is 5.91 Å². The summed E-state index contributed by atoms with van der Waals surface area (Å²) in [6, 6.07) is 9.37. The fourth-order valence-corrected chi connectivity index (χ4v) is 4.03. The molecule has 3 rings (SSSR count). The van der Waals surface area contributed by atoms with Crippen molar-refractivity contribution in [3.63, 3.8) is 0 Å². The molecule has 8 heteroatoms. The van der Waals surface area contributed by atoms with E-state index in [9.17, 15) is 17.6 Å². The molecule has 1 aliphatic heterocycles. The monoisotopic (exact) mass is 406 g/mol. The number of hydrogen-bond acceptors (Lipinski definition) is 4. The molecule has 28 heavy (non-hydrogen) atoms. The lowest BCUT2D eigenvalue weighted by molar-refractivity contribution is -0.127. The summed E-state index contributed by atoms with van der Waals surface area (Å²) >= 11 is 0. The molecule has 0 saturated carbocycles. The summed E-state index contributed by atoms with van der Waals surface area (Å²) in [5, 5.41) is 0. The number of nitrogens with zero attached hydrogens (tertiary/aromatic N) is 1. The van der Waals surface area contributed by atoms with Crippen molar-refractivity contribution in [2.45, 2.75) is 32.1 Å². The van der Waals surface area contributed by atoms with Gasteiger partial charge in [-0.25, -0.2) is 12.8 Å². The Hall–Kier alpha value is -2.61. The van der Waals surface area contributed by atoms with Gasteiger partial charge in [0.05, 0.1) is 21.7 Å². The van der Waals surface area contributed by atoms with Crippen LogP contribution in [0.4, 0.5) is 15.8 Å². The molecule has 1 amide bonds. The van der Waals surface area contributed by atoms with Crippen LogP contribution in [-0.2, 0) is 14.8 Å². The molecule has 1 heterocycles. The maximum Gasteiger partial charge on any atom is 0.261 e. The van der Waals surface area contributed by atoms with Crippen molar-refractivity contribution in [1.82, 2.24) is 0 Å². The molecule has 1 aliphatic rings. The third-order valence-corrected chi connectivity index (χ3v) is 5.88. The number of rotatable bonds is 5. The summed E-state index contributed by atoms with van der Waals surface area (Å²) in [5.74, 6) is -0.0683. The Morgan fingerprint density at radius 3 is 2.50 bits per heavy atom. The average Bonchev–Trinajstić information content (AvgIpc) is 2.72. The quantitative estimate of drug-likeness (QED) is 0.820. The van der Waals surface area contributed by atoms with E-state index in [-0.39, 0.29) is 17.4 Å². The first-order chi connectivity index (χ1) is 13.1. The van der Waals surface area contributed by atoms with Gasteiger partial charge in [-0.3, -0.25) is 9.52 Å². The Morgan fingerprint density at radius 1 is 1.18 bits per heavy atom. The zero-order valence-corrected chi connectivity index (χ0v) is 16.8. The highest BCUT2D eigenvalue weighted by molar-refractivity contribution is 7.92. The number of anilines is 2. The molecule has 0 bridgehead atoms. The summed E-state index contributed by atoms with van der Waals surface area (Å²) in [6.07, 6.45) is 0.743. The number of halogens is 1. The molecule has 0 radical (unpaired) electrons. The topological polar surface area (TPSA) is 75.7 Å². The highest BCUT2D eigenvalue weighted by Crippen LogP contribution is 2.38. The zero-order valence-electron chi connectivity index (χ0n) is 16.0. The average molecular weight is 406 g/mol. The van der Waals surface area contributed by atoms with Gasteiger partial charge in [0.15, 0.2) is 0 Å². The molecule has 0 fully saturated rings. The van der Waals surface area contributed by atoms with Crippen LogP contribution in [0.5, 0.6) is 5.75 Å². The Morgan fingerprint density at radius 2 is 1.86 bits per heavy atom. The minimum absolute atomic E-state index is 0.0530. The van der Waals surface area contributed by atoms with E-state index in [4.69, 9.17) is 4.74 Å². The van der Waals surface area contributed by atoms with Crippen LogP contribution < -0.4 is 14.4 Å². The molecule has 6 nitrogen and oxygen atoms in total. The van der Waals surface area contributed by atoms with Crippen molar-refractivity contribution in [3.8, 4) is 5.75 Å². The molecule has 0 aromatic heterocycles. The molecule has 0 saturated heterocycles. The number of sulfonamides is 1. The number of hydrogen-bond donors (Lipinski definition) is 1. The van der Waals surface area contributed by atoms with Gasteiger partial charge in [-0.15, -0.1) is 0 Å². The van der Waals surface area contributed by atoms with Gasteiger partial charge in [-0.05, 0) is 62.7 Å². The van der Waals surface area contributed by atoms with Crippen LogP contribution >= 0.6 is 0 Å². The van der Waals surface area contributed by atoms with E-state index >= 15 is 0 Å². The van der Waals surface area contributed by atoms with Crippen molar-refractivity contribution in [2.24, 2.45) is 5.41 Å². The first kappa shape index (κ1) is 20.1. The van der Waals surface area contributed by atoms with E-state index in [1.807, 2.05) is 20.8 Å². The predicted octanol–water partition coefficient (Wildman–Crippen LogP) is 3.79. The molecule has 2 aromatic rings. The van der Waals surface area contributed by atoms with Crippen LogP contribution in [0.25, 0.3) is 0 Å². The van der Waals surface area contributed by atoms with Gasteiger partial charge in [-0.1, -0.05) is 6.92 Å². The van der Waals surface area contributed by atoms with Crippen molar-refractivity contribution in [2.75, 3.05) is 22.8 Å². The fourth-order valence-electron chi connectivity index (χ4n) is 2.98. The third kappa shape index (κ3) is 3.96. The summed E-state index contributed by atoms with van der Waals surface area (Å²) < 4.78 is 46.5. The van der Waals surface area contributed by atoms with Crippen molar-refractivity contribution < 1.29 is 22.3 Å². The lowest BCUT2D eigenvalue weighted by Gasteiger charge is -2.28. The van der Waals surface area contributed by atoms with Crippen LogP contribution in [0.2, 0.25) is 0 Å². The maximum absolute atomic E-state index is 13.1. The van der Waals surface area contributed by atoms with Crippen LogP contribution in [0.3, 0.4) is 0 Å². The molecular formula is C20H23FN2O4S. The maximum atomic E-state index is 13.1. The first-order valence-corrected chi connectivity index (χ1v) is 10.5. The van der Waals surface area contributed by atoms with E-state index in [1.54, 1.807) is 23.1 Å². The van der Waals surface area contributed by atoms with E-state index in [0.29, 0.717) is 23.7 Å². The van der Waals surface area contributed by atoms with E-state index < -0.39 is 21.3 Å². The molecule has 0 atom stereocenters. The molecular weight excluding hydrogens is 383 g/mol. The van der Waals surface area contributed by atoms with Crippen molar-refractivity contribution in [1.29, 1.82) is 0 Å². The molecule has 2 aromatic carbocycles. The number of amides is 1. The second kappa shape index (κ2) is 7.43. The number of carbonyl (C=O) groups is 1. The largest absolute Gasteiger partial charge is 0.490 e. The Balaban J connectivity index is 1.97. The van der Waals surface area contributed by atoms with Gasteiger partial charge in [-0.2, -0.15) is 0 Å². The number of carbonyl (C=O) groups excluding carboxylic acids is 1. The van der Waals surface area contributed by atoms with Crippen molar-refractivity contribution in [3.05, 3.63) is 48.3 Å². The zero-order chi connectivity index (χ0) is 20.5. The molecule has 150 valence electrons. The number of nitrogens with one attached hydrogen (secondary N) is 1. The standard InChI is InChI=1S/C20H23FN2O4S/c1-4-11-23-17-12-15(7-10-18(17)27-13-20(2,3)19(23)24)22-28(25,26)16-8-5-14(21)6-9-16/h5-10,12,22H,4,11,13H2,1-3H3. The normalized spacial score (nSPS) is 16.1. The third-order valence-electron chi connectivity index (χ3n) is 4.49. The van der Waals surface area contributed by atoms with Crippen molar-refractivity contribution >= 4 is 27.3 Å². The number of fused-ring (bicyclic) bond motifs is 1. The van der Waals surface area contributed by atoms with E-state index in [1.165, 1.54) is 12.1 Å². The number of benzene rings is 2. The second-order valence-corrected chi connectivity index (χ2v) is 9.05. The summed E-state index contributed by atoms with van der Waals surface area (Å²) in [5.41, 5.74) is 0.124. The highest BCUT2D eigenvalue weighted by atomic mass is 32.2. The second-order valence-electron chi connectivity index (χ2n) is 7.37. The van der Waals surface area contributed by atoms with Gasteiger partial charge in [0.25, 0.3) is 10.0 Å².